The number of fused-ring (bicyclic) bond motifs is 1. The van der Waals surface area contributed by atoms with Gasteiger partial charge in [0.1, 0.15) is 35.6 Å². The van der Waals surface area contributed by atoms with Crippen molar-refractivity contribution in [3.05, 3.63) is 82.9 Å². The molecule has 1 aliphatic carbocycles. The average Bonchev–Trinajstić information content (AvgIpc) is 3.34. The normalized spacial score (nSPS) is 18.6. The van der Waals surface area contributed by atoms with E-state index in [2.05, 4.69) is 10.2 Å². The molecule has 1 fully saturated rings. The van der Waals surface area contributed by atoms with Crippen molar-refractivity contribution in [1.29, 1.82) is 0 Å². The molecule has 0 amide bonds. The standard InChI is InChI=1S/C29H30F6N4O3/c1-40-23-6-5-20(16-24(23)42-13-10-38-8-11-41-12-9-38)26-27(39-7-3-2-4-25(39)37-26)36-18-19-14-21(28(30,31)32)17-22(15-19)29(33,34)35/h2-5,7,14-17,23,36H,6,8-13,18H2,1H3. The predicted octanol–water partition coefficient (Wildman–Crippen LogP) is 6.02. The molecule has 1 N–H and O–H groups in total. The number of nitrogens with zero attached hydrogens (tertiary/aromatic N) is 3. The molecular weight excluding hydrogens is 566 g/mol. The number of anilines is 1. The van der Waals surface area contributed by atoms with Gasteiger partial charge in [0.2, 0.25) is 0 Å². The summed E-state index contributed by atoms with van der Waals surface area (Å²) in [6.45, 7) is 3.86. The Bertz CT molecular complexity index is 1430. The van der Waals surface area contributed by atoms with Gasteiger partial charge in [-0.05, 0) is 48.4 Å². The van der Waals surface area contributed by atoms with Gasteiger partial charge in [-0.15, -0.1) is 0 Å². The number of imidazole rings is 1. The molecular formula is C29H30F6N4O3. The second kappa shape index (κ2) is 12.4. The summed E-state index contributed by atoms with van der Waals surface area (Å²) in [5.41, 5.74) is -1.18. The van der Waals surface area contributed by atoms with Gasteiger partial charge in [0.15, 0.2) is 0 Å². The number of halogens is 6. The summed E-state index contributed by atoms with van der Waals surface area (Å²) in [7, 11) is 1.59. The number of allylic oxidation sites excluding steroid dienone is 2. The number of ether oxygens (including phenoxy) is 3. The zero-order valence-electron chi connectivity index (χ0n) is 22.8. The van der Waals surface area contributed by atoms with Crippen molar-refractivity contribution in [2.75, 3.05) is 51.9 Å². The van der Waals surface area contributed by atoms with Gasteiger partial charge in [-0.1, -0.05) is 12.1 Å². The number of hydrogen-bond donors (Lipinski definition) is 1. The Morgan fingerprint density at radius 2 is 1.74 bits per heavy atom. The highest BCUT2D eigenvalue weighted by Crippen LogP contribution is 2.37. The molecule has 1 atom stereocenters. The molecule has 1 saturated heterocycles. The predicted molar refractivity (Wildman–Crippen MR) is 144 cm³/mol. The number of alkyl halides is 6. The molecule has 226 valence electrons. The minimum Gasteiger partial charge on any atom is -0.494 e. The topological polar surface area (TPSA) is 60.3 Å². The van der Waals surface area contributed by atoms with Crippen LogP contribution in [0.15, 0.2) is 60.5 Å². The summed E-state index contributed by atoms with van der Waals surface area (Å²) in [4.78, 5) is 6.95. The van der Waals surface area contributed by atoms with Crippen LogP contribution >= 0.6 is 0 Å². The van der Waals surface area contributed by atoms with Crippen LogP contribution in [0.5, 0.6) is 0 Å². The quantitative estimate of drug-likeness (QED) is 0.305. The molecule has 2 aromatic heterocycles. The van der Waals surface area contributed by atoms with Crippen molar-refractivity contribution < 1.29 is 40.6 Å². The Balaban J connectivity index is 1.42. The molecule has 13 heteroatoms. The molecule has 3 heterocycles. The highest BCUT2D eigenvalue weighted by molar-refractivity contribution is 5.82. The molecule has 0 spiro atoms. The first-order valence-electron chi connectivity index (χ1n) is 13.4. The summed E-state index contributed by atoms with van der Waals surface area (Å²) in [6, 6.07) is 6.84. The SMILES string of the molecule is COC1CC=C(c2nc3ccccn3c2NCc2cc(C(F)(F)F)cc(C(F)(F)F)c2)C=C1OCCN1CCOCC1. The summed E-state index contributed by atoms with van der Waals surface area (Å²) in [5.74, 6) is 1.03. The first kappa shape index (κ1) is 29.9. The van der Waals surface area contributed by atoms with Crippen LogP contribution in [0.3, 0.4) is 0 Å². The molecule has 5 rings (SSSR count). The highest BCUT2D eigenvalue weighted by Gasteiger charge is 2.37. The Kier molecular flexibility index (Phi) is 8.81. The van der Waals surface area contributed by atoms with E-state index >= 15 is 0 Å². The van der Waals surface area contributed by atoms with Crippen molar-refractivity contribution in [1.82, 2.24) is 14.3 Å². The van der Waals surface area contributed by atoms with Crippen LogP contribution in [0.1, 0.15) is 28.8 Å². The third-order valence-corrected chi connectivity index (χ3v) is 7.14. The van der Waals surface area contributed by atoms with E-state index in [0.29, 0.717) is 73.4 Å². The van der Waals surface area contributed by atoms with Gasteiger partial charge in [-0.3, -0.25) is 9.30 Å². The van der Waals surface area contributed by atoms with Gasteiger partial charge in [0.25, 0.3) is 0 Å². The van der Waals surface area contributed by atoms with Crippen molar-refractivity contribution in [2.45, 2.75) is 31.4 Å². The Morgan fingerprint density at radius 3 is 2.40 bits per heavy atom. The largest absolute Gasteiger partial charge is 0.494 e. The number of aromatic nitrogens is 2. The molecule has 7 nitrogen and oxygen atoms in total. The van der Waals surface area contributed by atoms with E-state index < -0.39 is 23.5 Å². The molecule has 1 aliphatic heterocycles. The average molecular weight is 597 g/mol. The monoisotopic (exact) mass is 596 g/mol. The number of pyridine rings is 1. The minimum atomic E-state index is -4.93. The van der Waals surface area contributed by atoms with Crippen LogP contribution in [-0.2, 0) is 33.1 Å². The number of rotatable bonds is 9. The molecule has 3 aromatic rings. The first-order chi connectivity index (χ1) is 20.0. The van der Waals surface area contributed by atoms with Gasteiger partial charge >= 0.3 is 12.4 Å². The summed E-state index contributed by atoms with van der Waals surface area (Å²) < 4.78 is 99.3. The number of benzene rings is 1. The van der Waals surface area contributed by atoms with Gasteiger partial charge in [-0.25, -0.2) is 4.98 Å². The maximum Gasteiger partial charge on any atom is 0.416 e. The first-order valence-corrected chi connectivity index (χ1v) is 13.4. The van der Waals surface area contributed by atoms with Crippen LogP contribution in [0.2, 0.25) is 0 Å². The lowest BCUT2D eigenvalue weighted by Crippen LogP contribution is -2.38. The van der Waals surface area contributed by atoms with E-state index in [0.717, 1.165) is 13.1 Å². The van der Waals surface area contributed by atoms with E-state index in [9.17, 15) is 26.3 Å². The summed E-state index contributed by atoms with van der Waals surface area (Å²) in [5, 5.41) is 3.04. The van der Waals surface area contributed by atoms with E-state index in [1.807, 2.05) is 12.2 Å². The van der Waals surface area contributed by atoms with E-state index in [4.69, 9.17) is 19.2 Å². The number of methoxy groups -OCH3 is 1. The van der Waals surface area contributed by atoms with Crippen LogP contribution in [0.4, 0.5) is 32.2 Å². The maximum atomic E-state index is 13.4. The maximum absolute atomic E-state index is 13.4. The van der Waals surface area contributed by atoms with Crippen LogP contribution in [-0.4, -0.2) is 67.0 Å². The third kappa shape index (κ3) is 6.90. The van der Waals surface area contributed by atoms with Gasteiger partial charge in [-0.2, -0.15) is 26.3 Å². The lowest BCUT2D eigenvalue weighted by atomic mass is 10.00. The van der Waals surface area contributed by atoms with Crippen LogP contribution in [0.25, 0.3) is 11.2 Å². The lowest BCUT2D eigenvalue weighted by molar-refractivity contribution is -0.143. The van der Waals surface area contributed by atoms with Gasteiger partial charge < -0.3 is 19.5 Å². The number of morpholine rings is 1. The molecule has 1 aromatic carbocycles. The third-order valence-electron chi connectivity index (χ3n) is 7.14. The molecule has 0 radical (unpaired) electrons. The summed E-state index contributed by atoms with van der Waals surface area (Å²) >= 11 is 0. The molecule has 1 unspecified atom stereocenters. The second-order valence-electron chi connectivity index (χ2n) is 9.97. The van der Waals surface area contributed by atoms with Crippen molar-refractivity contribution in [2.24, 2.45) is 0 Å². The fraction of sp³-hybridized carbons (Fsp3) is 0.414. The Labute approximate surface area is 238 Å². The van der Waals surface area contributed by atoms with E-state index in [1.165, 1.54) is 0 Å². The molecule has 2 aliphatic rings. The highest BCUT2D eigenvalue weighted by atomic mass is 19.4. The number of hydrogen-bond acceptors (Lipinski definition) is 6. The fourth-order valence-corrected chi connectivity index (χ4v) is 4.96. The van der Waals surface area contributed by atoms with E-state index in [1.54, 1.807) is 35.9 Å². The number of nitrogens with one attached hydrogen (secondary N) is 1. The van der Waals surface area contributed by atoms with E-state index in [-0.39, 0.29) is 24.3 Å². The fourth-order valence-electron chi connectivity index (χ4n) is 4.96. The second-order valence-corrected chi connectivity index (χ2v) is 9.97. The summed E-state index contributed by atoms with van der Waals surface area (Å²) in [6.07, 6.45) is -4.23. The smallest absolute Gasteiger partial charge is 0.416 e. The molecule has 0 bridgehead atoms. The molecule has 42 heavy (non-hydrogen) atoms. The molecule has 0 saturated carbocycles. The minimum absolute atomic E-state index is 0.119. The van der Waals surface area contributed by atoms with Crippen LogP contribution in [0, 0.1) is 0 Å². The van der Waals surface area contributed by atoms with Crippen LogP contribution < -0.4 is 5.32 Å². The van der Waals surface area contributed by atoms with Gasteiger partial charge in [0.05, 0.1) is 24.3 Å². The van der Waals surface area contributed by atoms with Gasteiger partial charge in [0, 0.05) is 45.1 Å². The van der Waals surface area contributed by atoms with Crippen molar-refractivity contribution in [3.63, 3.8) is 0 Å². The van der Waals surface area contributed by atoms with Crippen molar-refractivity contribution >= 4 is 17.0 Å². The Hall–Kier alpha value is -3.55. The lowest BCUT2D eigenvalue weighted by Gasteiger charge is -2.28. The Morgan fingerprint density at radius 1 is 1.02 bits per heavy atom. The van der Waals surface area contributed by atoms with Crippen molar-refractivity contribution in [3.8, 4) is 0 Å². The zero-order chi connectivity index (χ0) is 29.9. The zero-order valence-corrected chi connectivity index (χ0v) is 22.8.